The van der Waals surface area contributed by atoms with Crippen molar-refractivity contribution in [1.82, 2.24) is 10.2 Å². The van der Waals surface area contributed by atoms with Crippen molar-refractivity contribution in [3.8, 4) is 5.75 Å². The van der Waals surface area contributed by atoms with Gasteiger partial charge in [-0.1, -0.05) is 68.8 Å². The van der Waals surface area contributed by atoms with Crippen molar-refractivity contribution in [1.29, 1.82) is 0 Å². The van der Waals surface area contributed by atoms with Crippen molar-refractivity contribution in [2.24, 2.45) is 5.92 Å². The van der Waals surface area contributed by atoms with Crippen LogP contribution in [0.3, 0.4) is 0 Å². The number of ether oxygens (including phenoxy) is 1. The summed E-state index contributed by atoms with van der Waals surface area (Å²) in [4.78, 5) is 29.2. The molecule has 0 aliphatic rings. The number of aryl methyl sites for hydroxylation is 3. The number of amides is 2. The molecule has 3 aromatic carbocycles. The fourth-order valence-electron chi connectivity index (χ4n) is 4.66. The van der Waals surface area contributed by atoms with Crippen LogP contribution in [0.15, 0.2) is 71.6 Å². The van der Waals surface area contributed by atoms with Crippen LogP contribution in [0.5, 0.6) is 5.75 Å². The minimum Gasteiger partial charge on any atom is -0.495 e. The fraction of sp³-hybridized carbons (Fsp3) is 0.394. The number of hydrogen-bond donors (Lipinski definition) is 1. The fourth-order valence-corrected chi connectivity index (χ4v) is 6.08. The van der Waals surface area contributed by atoms with Gasteiger partial charge in [-0.15, -0.1) is 0 Å². The van der Waals surface area contributed by atoms with Crippen LogP contribution in [0.25, 0.3) is 0 Å². The lowest BCUT2D eigenvalue weighted by Gasteiger charge is -2.34. The molecule has 2 amide bonds. The molecule has 0 aliphatic heterocycles. The van der Waals surface area contributed by atoms with Crippen molar-refractivity contribution in [2.75, 3.05) is 24.5 Å². The van der Waals surface area contributed by atoms with E-state index in [-0.39, 0.29) is 29.0 Å². The first-order valence-corrected chi connectivity index (χ1v) is 15.7. The molecular weight excluding hydrogens is 550 g/mol. The predicted molar refractivity (Wildman–Crippen MR) is 167 cm³/mol. The molecule has 0 aromatic heterocycles. The second kappa shape index (κ2) is 14.4. The first-order valence-electron chi connectivity index (χ1n) is 14.2. The number of benzene rings is 3. The first-order chi connectivity index (χ1) is 19.9. The van der Waals surface area contributed by atoms with E-state index < -0.39 is 28.5 Å². The molecule has 1 atom stereocenters. The van der Waals surface area contributed by atoms with Crippen molar-refractivity contribution in [3.63, 3.8) is 0 Å². The van der Waals surface area contributed by atoms with E-state index in [4.69, 9.17) is 4.74 Å². The largest absolute Gasteiger partial charge is 0.495 e. The summed E-state index contributed by atoms with van der Waals surface area (Å²) < 4.78 is 35.0. The lowest BCUT2D eigenvalue weighted by molar-refractivity contribution is -0.140. The third-order valence-electron chi connectivity index (χ3n) is 7.16. The Morgan fingerprint density at radius 2 is 1.57 bits per heavy atom. The highest BCUT2D eigenvalue weighted by atomic mass is 32.2. The van der Waals surface area contributed by atoms with Gasteiger partial charge in [-0.25, -0.2) is 8.42 Å². The third-order valence-corrected chi connectivity index (χ3v) is 8.94. The SMILES string of the molecule is CCC(C(=O)NCC(C)C)N(Cc1ccccc1C)C(=O)CN(c1cc(C)ccc1OC)S(=O)(=O)c1ccc(C)cc1. The van der Waals surface area contributed by atoms with Gasteiger partial charge in [0.15, 0.2) is 0 Å². The molecule has 3 aromatic rings. The molecular formula is C33H43N3O5S. The Labute approximate surface area is 250 Å². The zero-order valence-electron chi connectivity index (χ0n) is 25.7. The van der Waals surface area contributed by atoms with Crippen LogP contribution in [0.1, 0.15) is 49.4 Å². The monoisotopic (exact) mass is 593 g/mol. The molecule has 9 heteroatoms. The predicted octanol–water partition coefficient (Wildman–Crippen LogP) is 5.40. The Morgan fingerprint density at radius 1 is 0.929 bits per heavy atom. The molecule has 8 nitrogen and oxygen atoms in total. The summed E-state index contributed by atoms with van der Waals surface area (Å²) in [5.41, 5.74) is 3.81. The minimum atomic E-state index is -4.20. The van der Waals surface area contributed by atoms with Crippen LogP contribution in [0, 0.1) is 26.7 Å². The molecule has 0 spiro atoms. The van der Waals surface area contributed by atoms with Crippen LogP contribution in [0.4, 0.5) is 5.69 Å². The van der Waals surface area contributed by atoms with Crippen molar-refractivity contribution in [2.45, 2.75) is 65.4 Å². The highest BCUT2D eigenvalue weighted by molar-refractivity contribution is 7.92. The summed E-state index contributed by atoms with van der Waals surface area (Å²) in [5.74, 6) is -0.217. The van der Waals surface area contributed by atoms with E-state index in [1.807, 2.05) is 71.9 Å². The van der Waals surface area contributed by atoms with Crippen LogP contribution < -0.4 is 14.4 Å². The molecule has 1 N–H and O–H groups in total. The molecule has 42 heavy (non-hydrogen) atoms. The van der Waals surface area contributed by atoms with E-state index in [1.165, 1.54) is 24.1 Å². The third kappa shape index (κ3) is 7.91. The number of nitrogens with zero attached hydrogens (tertiary/aromatic N) is 2. The van der Waals surface area contributed by atoms with Gasteiger partial charge in [-0.2, -0.15) is 0 Å². The molecule has 0 heterocycles. The Bertz CT molecular complexity index is 1490. The average molecular weight is 594 g/mol. The van der Waals surface area contributed by atoms with Gasteiger partial charge in [-0.05, 0) is 74.1 Å². The van der Waals surface area contributed by atoms with E-state index in [0.29, 0.717) is 18.7 Å². The Kier molecular flexibility index (Phi) is 11.2. The summed E-state index contributed by atoms with van der Waals surface area (Å²) in [5, 5.41) is 2.96. The van der Waals surface area contributed by atoms with E-state index in [2.05, 4.69) is 5.32 Å². The van der Waals surface area contributed by atoms with Gasteiger partial charge in [-0.3, -0.25) is 13.9 Å². The van der Waals surface area contributed by atoms with Gasteiger partial charge in [0.1, 0.15) is 18.3 Å². The van der Waals surface area contributed by atoms with E-state index >= 15 is 0 Å². The van der Waals surface area contributed by atoms with Crippen LogP contribution in [0.2, 0.25) is 0 Å². The van der Waals surface area contributed by atoms with Crippen molar-refractivity contribution >= 4 is 27.5 Å². The number of hydrogen-bond acceptors (Lipinski definition) is 5. The van der Waals surface area contributed by atoms with E-state index in [9.17, 15) is 18.0 Å². The molecule has 3 rings (SSSR count). The summed E-state index contributed by atoms with van der Waals surface area (Å²) in [6.45, 7) is 11.6. The van der Waals surface area contributed by atoms with Gasteiger partial charge in [0.2, 0.25) is 11.8 Å². The number of carbonyl (C=O) groups is 2. The van der Waals surface area contributed by atoms with Gasteiger partial charge in [0.25, 0.3) is 10.0 Å². The van der Waals surface area contributed by atoms with Crippen molar-refractivity contribution < 1.29 is 22.7 Å². The Hall–Kier alpha value is -3.85. The normalized spacial score (nSPS) is 12.1. The number of carbonyl (C=O) groups excluding carboxylic acids is 2. The number of nitrogens with one attached hydrogen (secondary N) is 1. The van der Waals surface area contributed by atoms with Crippen molar-refractivity contribution in [3.05, 3.63) is 89.0 Å². The summed E-state index contributed by atoms with van der Waals surface area (Å²) >= 11 is 0. The molecule has 0 radical (unpaired) electrons. The molecule has 0 saturated heterocycles. The number of anilines is 1. The Morgan fingerprint density at radius 3 is 2.17 bits per heavy atom. The lowest BCUT2D eigenvalue weighted by atomic mass is 10.1. The lowest BCUT2D eigenvalue weighted by Crippen LogP contribution is -2.52. The van der Waals surface area contributed by atoms with E-state index in [1.54, 1.807) is 24.3 Å². The zero-order chi connectivity index (χ0) is 31.0. The van der Waals surface area contributed by atoms with Crippen LogP contribution >= 0.6 is 0 Å². The molecule has 0 bridgehead atoms. The standard InChI is InChI=1S/C33H43N3O5S/c1-8-29(33(38)34-20-23(2)3)35(21-27-12-10-9-11-26(27)6)32(37)22-36(30-19-25(5)15-18-31(30)41-7)42(39,40)28-16-13-24(4)14-17-28/h9-19,23,29H,8,20-22H2,1-7H3,(H,34,38). The highest BCUT2D eigenvalue weighted by Crippen LogP contribution is 2.34. The van der Waals surface area contributed by atoms with Gasteiger partial charge in [0, 0.05) is 13.1 Å². The molecule has 0 saturated carbocycles. The maximum absolute atomic E-state index is 14.3. The number of rotatable bonds is 13. The molecule has 0 fully saturated rings. The maximum Gasteiger partial charge on any atom is 0.264 e. The number of methoxy groups -OCH3 is 1. The van der Waals surface area contributed by atoms with Crippen LogP contribution in [-0.2, 0) is 26.2 Å². The minimum absolute atomic E-state index is 0.0524. The average Bonchev–Trinajstić information content (AvgIpc) is 2.95. The second-order valence-corrected chi connectivity index (χ2v) is 12.9. The maximum atomic E-state index is 14.3. The first kappa shape index (κ1) is 32.7. The molecule has 226 valence electrons. The second-order valence-electron chi connectivity index (χ2n) is 11.0. The van der Waals surface area contributed by atoms with Crippen LogP contribution in [-0.4, -0.2) is 51.4 Å². The van der Waals surface area contributed by atoms with E-state index in [0.717, 1.165) is 26.6 Å². The van der Waals surface area contributed by atoms with Gasteiger partial charge in [0.05, 0.1) is 17.7 Å². The topological polar surface area (TPSA) is 96.0 Å². The summed E-state index contributed by atoms with van der Waals surface area (Å²) in [6, 6.07) is 18.6. The quantitative estimate of drug-likeness (QED) is 0.287. The summed E-state index contributed by atoms with van der Waals surface area (Å²) in [6.07, 6.45) is 0.361. The van der Waals surface area contributed by atoms with Gasteiger partial charge >= 0.3 is 0 Å². The Balaban J connectivity index is 2.13. The molecule has 1 unspecified atom stereocenters. The zero-order valence-corrected chi connectivity index (χ0v) is 26.5. The molecule has 0 aliphatic carbocycles. The summed E-state index contributed by atoms with van der Waals surface area (Å²) in [7, 11) is -2.74. The number of sulfonamides is 1. The smallest absolute Gasteiger partial charge is 0.264 e. The highest BCUT2D eigenvalue weighted by Gasteiger charge is 2.35. The van der Waals surface area contributed by atoms with Gasteiger partial charge < -0.3 is 15.0 Å².